The Kier molecular flexibility index (Phi) is 3.35. The molecule has 0 aliphatic carbocycles. The van der Waals surface area contributed by atoms with Crippen LogP contribution in [0, 0.1) is 0 Å². The monoisotopic (exact) mass is 250 g/mol. The second-order valence-electron chi connectivity index (χ2n) is 3.87. The van der Waals surface area contributed by atoms with Gasteiger partial charge in [0.05, 0.1) is 18.7 Å². The molecule has 0 aliphatic rings. The summed E-state index contributed by atoms with van der Waals surface area (Å²) in [4.78, 5) is 10.6. The fraction of sp³-hybridized carbons (Fsp3) is 0.500. The fourth-order valence-corrected chi connectivity index (χ4v) is 1.65. The minimum Gasteiger partial charge on any atom is -0.481 e. The first-order valence-corrected chi connectivity index (χ1v) is 5.63. The highest BCUT2D eigenvalue weighted by atomic mass is 16.4. The maximum Gasteiger partial charge on any atom is 0.305 e. The molecule has 2 heterocycles. The van der Waals surface area contributed by atoms with E-state index in [0.29, 0.717) is 5.82 Å². The van der Waals surface area contributed by atoms with Crippen molar-refractivity contribution in [2.45, 2.75) is 26.3 Å². The molecular formula is C10H14N6O2. The summed E-state index contributed by atoms with van der Waals surface area (Å²) in [6.45, 7) is 2.25. The van der Waals surface area contributed by atoms with Crippen LogP contribution in [-0.4, -0.2) is 41.1 Å². The predicted molar refractivity (Wildman–Crippen MR) is 61.6 cm³/mol. The zero-order valence-electron chi connectivity index (χ0n) is 10.2. The number of hydrogen-bond acceptors (Lipinski definition) is 5. The highest BCUT2D eigenvalue weighted by Gasteiger charge is 2.14. The van der Waals surface area contributed by atoms with Gasteiger partial charge in [-0.2, -0.15) is 5.10 Å². The van der Waals surface area contributed by atoms with Crippen molar-refractivity contribution in [2.24, 2.45) is 7.05 Å². The SMILES string of the molecule is CCc1cc(-c2nnnn2CCC(=O)O)n(C)n1. The number of hydrogen-bond donors (Lipinski definition) is 1. The second kappa shape index (κ2) is 4.94. The van der Waals surface area contributed by atoms with Crippen molar-refractivity contribution in [3.8, 4) is 11.5 Å². The second-order valence-corrected chi connectivity index (χ2v) is 3.87. The van der Waals surface area contributed by atoms with Crippen LogP contribution in [0.1, 0.15) is 19.0 Å². The molecule has 96 valence electrons. The van der Waals surface area contributed by atoms with Crippen LogP contribution in [0.3, 0.4) is 0 Å². The Morgan fingerprint density at radius 1 is 1.50 bits per heavy atom. The maximum atomic E-state index is 10.6. The van der Waals surface area contributed by atoms with Crippen molar-refractivity contribution in [2.75, 3.05) is 0 Å². The number of carboxylic acid groups (broad SMARTS) is 1. The van der Waals surface area contributed by atoms with Crippen LogP contribution in [0.4, 0.5) is 0 Å². The minimum atomic E-state index is -0.879. The first-order valence-electron chi connectivity index (χ1n) is 5.63. The standard InChI is InChI=1S/C10H14N6O2/c1-3-7-6-8(15(2)12-7)10-11-13-14-16(10)5-4-9(17)18/h6H,3-5H2,1-2H3,(H,17,18). The van der Waals surface area contributed by atoms with Crippen LogP contribution in [0.5, 0.6) is 0 Å². The molecule has 0 aromatic carbocycles. The van der Waals surface area contributed by atoms with Crippen molar-refractivity contribution >= 4 is 5.97 Å². The van der Waals surface area contributed by atoms with Gasteiger partial charge in [-0.05, 0) is 22.9 Å². The zero-order valence-corrected chi connectivity index (χ0v) is 10.2. The lowest BCUT2D eigenvalue weighted by atomic mass is 10.3. The molecular weight excluding hydrogens is 236 g/mol. The number of carbonyl (C=O) groups is 1. The van der Waals surface area contributed by atoms with Crippen LogP contribution in [0.25, 0.3) is 11.5 Å². The smallest absolute Gasteiger partial charge is 0.305 e. The van der Waals surface area contributed by atoms with Crippen LogP contribution in [0.15, 0.2) is 6.07 Å². The number of tetrazole rings is 1. The van der Waals surface area contributed by atoms with Crippen LogP contribution >= 0.6 is 0 Å². The Morgan fingerprint density at radius 2 is 2.28 bits per heavy atom. The normalized spacial score (nSPS) is 10.8. The molecule has 0 fully saturated rings. The van der Waals surface area contributed by atoms with Gasteiger partial charge in [-0.3, -0.25) is 9.48 Å². The lowest BCUT2D eigenvalue weighted by molar-refractivity contribution is -0.137. The summed E-state index contributed by atoms with van der Waals surface area (Å²) in [5.74, 6) is -0.346. The summed E-state index contributed by atoms with van der Waals surface area (Å²) >= 11 is 0. The minimum absolute atomic E-state index is 0.0173. The molecule has 0 amide bonds. The van der Waals surface area contributed by atoms with Gasteiger partial charge in [-0.15, -0.1) is 5.10 Å². The van der Waals surface area contributed by atoms with E-state index in [1.807, 2.05) is 20.0 Å². The lowest BCUT2D eigenvalue weighted by Crippen LogP contribution is -2.09. The van der Waals surface area contributed by atoms with Crippen LogP contribution in [0.2, 0.25) is 0 Å². The van der Waals surface area contributed by atoms with E-state index in [1.165, 1.54) is 4.68 Å². The van der Waals surface area contributed by atoms with Crippen molar-refractivity contribution < 1.29 is 9.90 Å². The first kappa shape index (κ1) is 12.2. The molecule has 0 saturated carbocycles. The van der Waals surface area contributed by atoms with Crippen molar-refractivity contribution in [1.29, 1.82) is 0 Å². The topological polar surface area (TPSA) is 98.7 Å². The van der Waals surface area contributed by atoms with Gasteiger partial charge < -0.3 is 5.11 Å². The van der Waals surface area contributed by atoms with Crippen LogP contribution < -0.4 is 0 Å². The van der Waals surface area contributed by atoms with Gasteiger partial charge in [-0.1, -0.05) is 6.92 Å². The molecule has 0 atom stereocenters. The molecule has 0 aliphatic heterocycles. The van der Waals surface area contributed by atoms with Crippen molar-refractivity contribution in [3.63, 3.8) is 0 Å². The van der Waals surface area contributed by atoms with Gasteiger partial charge in [0.1, 0.15) is 5.69 Å². The van der Waals surface area contributed by atoms with Gasteiger partial charge in [0.15, 0.2) is 5.82 Å². The summed E-state index contributed by atoms with van der Waals surface area (Å²) < 4.78 is 3.17. The third-order valence-electron chi connectivity index (χ3n) is 2.59. The Morgan fingerprint density at radius 3 is 2.89 bits per heavy atom. The molecule has 8 nitrogen and oxygen atoms in total. The third-order valence-corrected chi connectivity index (χ3v) is 2.59. The zero-order chi connectivity index (χ0) is 13.1. The molecule has 0 unspecified atom stereocenters. The Labute approximate surface area is 103 Å². The maximum absolute atomic E-state index is 10.6. The Hall–Kier alpha value is -2.25. The number of carboxylic acids is 1. The summed E-state index contributed by atoms with van der Waals surface area (Å²) in [5.41, 5.74) is 1.72. The average molecular weight is 250 g/mol. The van der Waals surface area contributed by atoms with Gasteiger partial charge in [0, 0.05) is 7.05 Å². The first-order chi connectivity index (χ1) is 8.61. The highest BCUT2D eigenvalue weighted by Crippen LogP contribution is 2.16. The van der Waals surface area contributed by atoms with Gasteiger partial charge >= 0.3 is 5.97 Å². The molecule has 2 aromatic heterocycles. The van der Waals surface area contributed by atoms with E-state index in [9.17, 15) is 4.79 Å². The largest absolute Gasteiger partial charge is 0.481 e. The molecule has 2 rings (SSSR count). The summed E-state index contributed by atoms with van der Waals surface area (Å²) in [7, 11) is 1.81. The van der Waals surface area contributed by atoms with Gasteiger partial charge in [-0.25, -0.2) is 4.68 Å². The van der Waals surface area contributed by atoms with E-state index < -0.39 is 5.97 Å². The number of rotatable bonds is 5. The van der Waals surface area contributed by atoms with E-state index in [1.54, 1.807) is 4.68 Å². The molecule has 8 heteroatoms. The fourth-order valence-electron chi connectivity index (χ4n) is 1.65. The Bertz CT molecular complexity index is 558. The van der Waals surface area contributed by atoms with Gasteiger partial charge in [0.2, 0.25) is 0 Å². The van der Waals surface area contributed by atoms with E-state index >= 15 is 0 Å². The quantitative estimate of drug-likeness (QED) is 0.808. The van der Waals surface area contributed by atoms with Crippen LogP contribution in [-0.2, 0) is 24.8 Å². The molecule has 1 N–H and O–H groups in total. The number of aliphatic carboxylic acids is 1. The number of nitrogens with zero attached hydrogens (tertiary/aromatic N) is 6. The van der Waals surface area contributed by atoms with E-state index in [4.69, 9.17) is 5.11 Å². The molecule has 18 heavy (non-hydrogen) atoms. The van der Waals surface area contributed by atoms with Crippen molar-refractivity contribution in [1.82, 2.24) is 30.0 Å². The third kappa shape index (κ3) is 2.36. The number of aromatic nitrogens is 6. The lowest BCUT2D eigenvalue weighted by Gasteiger charge is -2.02. The molecule has 2 aromatic rings. The summed E-state index contributed by atoms with van der Waals surface area (Å²) in [6, 6.07) is 1.91. The molecule has 0 saturated heterocycles. The Balaban J connectivity index is 2.29. The number of aryl methyl sites for hydroxylation is 3. The predicted octanol–water partition coefficient (Wildman–Crippen LogP) is 0.111. The van der Waals surface area contributed by atoms with E-state index in [-0.39, 0.29) is 13.0 Å². The van der Waals surface area contributed by atoms with E-state index in [0.717, 1.165) is 17.8 Å². The highest BCUT2D eigenvalue weighted by molar-refractivity contribution is 5.66. The van der Waals surface area contributed by atoms with Gasteiger partial charge in [0.25, 0.3) is 0 Å². The van der Waals surface area contributed by atoms with Crippen molar-refractivity contribution in [3.05, 3.63) is 11.8 Å². The average Bonchev–Trinajstić information content (AvgIpc) is 2.92. The summed E-state index contributed by atoms with van der Waals surface area (Å²) in [5, 5.41) is 24.3. The molecule has 0 spiro atoms. The molecule has 0 bridgehead atoms. The molecule has 0 radical (unpaired) electrons. The summed E-state index contributed by atoms with van der Waals surface area (Å²) in [6.07, 6.45) is 0.807. The van der Waals surface area contributed by atoms with E-state index in [2.05, 4.69) is 20.6 Å².